The highest BCUT2D eigenvalue weighted by atomic mass is 16.1. The van der Waals surface area contributed by atoms with Gasteiger partial charge in [0.25, 0.3) is 5.91 Å². The van der Waals surface area contributed by atoms with Crippen molar-refractivity contribution in [3.8, 4) is 11.8 Å². The second-order valence-electron chi connectivity index (χ2n) is 3.40. The molecule has 1 heterocycles. The van der Waals surface area contributed by atoms with Crippen LogP contribution >= 0.6 is 0 Å². The Morgan fingerprint density at radius 2 is 2.18 bits per heavy atom. The van der Waals surface area contributed by atoms with Crippen LogP contribution in [0.2, 0.25) is 0 Å². The van der Waals surface area contributed by atoms with E-state index >= 15 is 0 Å². The fraction of sp³-hybridized carbons (Fsp3) is 0. The molecule has 2 rings (SSSR count). The van der Waals surface area contributed by atoms with Crippen molar-refractivity contribution in [3.05, 3.63) is 41.7 Å². The summed E-state index contributed by atoms with van der Waals surface area (Å²) in [4.78, 5) is 10.9. The number of hydrogen-bond acceptors (Lipinski definition) is 4. The number of amides is 1. The number of nitrogen functional groups attached to an aromatic ring is 1. The van der Waals surface area contributed by atoms with Crippen LogP contribution in [0, 0.1) is 11.3 Å². The van der Waals surface area contributed by atoms with Crippen LogP contribution in [-0.2, 0) is 0 Å². The van der Waals surface area contributed by atoms with Gasteiger partial charge in [0.1, 0.15) is 11.8 Å². The number of nitriles is 1. The highest BCUT2D eigenvalue weighted by molar-refractivity contribution is 5.90. The molecule has 4 N–H and O–H groups in total. The zero-order chi connectivity index (χ0) is 12.4. The Morgan fingerprint density at radius 1 is 1.41 bits per heavy atom. The van der Waals surface area contributed by atoms with Gasteiger partial charge in [-0.1, -0.05) is 0 Å². The third kappa shape index (κ3) is 1.94. The number of nitrogens with two attached hydrogens (primary N) is 2. The first-order chi connectivity index (χ1) is 8.11. The number of aromatic nitrogens is 2. The van der Waals surface area contributed by atoms with Crippen molar-refractivity contribution >= 4 is 11.6 Å². The number of benzene rings is 1. The number of carbonyl (C=O) groups is 1. The number of anilines is 1. The van der Waals surface area contributed by atoms with Gasteiger partial charge in [0, 0.05) is 11.9 Å². The molecular weight excluding hydrogens is 218 g/mol. The van der Waals surface area contributed by atoms with E-state index in [0.717, 1.165) is 0 Å². The van der Waals surface area contributed by atoms with Crippen molar-refractivity contribution in [2.75, 3.05) is 5.73 Å². The molecule has 2 aromatic rings. The summed E-state index contributed by atoms with van der Waals surface area (Å²) in [7, 11) is 0. The summed E-state index contributed by atoms with van der Waals surface area (Å²) in [5.74, 6) is -0.613. The first-order valence-electron chi connectivity index (χ1n) is 4.77. The second-order valence-corrected chi connectivity index (χ2v) is 3.40. The van der Waals surface area contributed by atoms with Gasteiger partial charge in [0.05, 0.1) is 11.3 Å². The molecule has 6 heteroatoms. The molecule has 0 fully saturated rings. The smallest absolute Gasteiger partial charge is 0.269 e. The molecule has 1 amide bonds. The van der Waals surface area contributed by atoms with Crippen LogP contribution < -0.4 is 11.5 Å². The fourth-order valence-corrected chi connectivity index (χ4v) is 1.43. The lowest BCUT2D eigenvalue weighted by atomic mass is 10.2. The van der Waals surface area contributed by atoms with Gasteiger partial charge in [-0.25, -0.2) is 4.68 Å². The first kappa shape index (κ1) is 10.7. The summed E-state index contributed by atoms with van der Waals surface area (Å²) >= 11 is 0. The van der Waals surface area contributed by atoms with E-state index in [0.29, 0.717) is 16.9 Å². The summed E-state index contributed by atoms with van der Waals surface area (Å²) in [6.07, 6.45) is 1.56. The third-order valence-corrected chi connectivity index (χ3v) is 2.23. The molecule has 1 aromatic heterocycles. The van der Waals surface area contributed by atoms with Gasteiger partial charge in [0.15, 0.2) is 0 Å². The molecule has 0 aliphatic heterocycles. The monoisotopic (exact) mass is 227 g/mol. The molecule has 1 aromatic carbocycles. The van der Waals surface area contributed by atoms with E-state index in [1.165, 1.54) is 10.7 Å². The van der Waals surface area contributed by atoms with Gasteiger partial charge in [-0.2, -0.15) is 10.4 Å². The van der Waals surface area contributed by atoms with Crippen molar-refractivity contribution in [2.24, 2.45) is 5.73 Å². The van der Waals surface area contributed by atoms with Gasteiger partial charge < -0.3 is 11.5 Å². The molecule has 0 saturated carbocycles. The van der Waals surface area contributed by atoms with Crippen LogP contribution in [0.5, 0.6) is 0 Å². The molecule has 17 heavy (non-hydrogen) atoms. The Balaban J connectivity index is 2.53. The van der Waals surface area contributed by atoms with Crippen LogP contribution in [0.15, 0.2) is 30.5 Å². The fourth-order valence-electron chi connectivity index (χ4n) is 1.43. The van der Waals surface area contributed by atoms with E-state index < -0.39 is 5.91 Å². The number of carbonyl (C=O) groups excluding carboxylic acids is 1. The van der Waals surface area contributed by atoms with E-state index in [9.17, 15) is 4.79 Å². The number of rotatable bonds is 2. The van der Waals surface area contributed by atoms with E-state index in [2.05, 4.69) is 5.10 Å². The van der Waals surface area contributed by atoms with Gasteiger partial charge >= 0.3 is 0 Å². The molecular formula is C11H9N5O. The largest absolute Gasteiger partial charge is 0.399 e. The van der Waals surface area contributed by atoms with Crippen LogP contribution in [0.25, 0.3) is 5.69 Å². The van der Waals surface area contributed by atoms with Gasteiger partial charge in [0.2, 0.25) is 0 Å². The lowest BCUT2D eigenvalue weighted by Gasteiger charge is -2.04. The Morgan fingerprint density at radius 3 is 2.76 bits per heavy atom. The Labute approximate surface area is 97.1 Å². The standard InChI is InChI=1S/C11H9N5O/c12-6-7-5-8(13)1-2-10(7)16-4-3-9(15-16)11(14)17/h1-5H,13H2,(H2,14,17). The zero-order valence-corrected chi connectivity index (χ0v) is 8.79. The van der Waals surface area contributed by atoms with Crippen LogP contribution in [0.3, 0.4) is 0 Å². The van der Waals surface area contributed by atoms with Crippen molar-refractivity contribution in [3.63, 3.8) is 0 Å². The second kappa shape index (κ2) is 3.98. The minimum Gasteiger partial charge on any atom is -0.399 e. The third-order valence-electron chi connectivity index (χ3n) is 2.23. The summed E-state index contributed by atoms with van der Waals surface area (Å²) in [5.41, 5.74) is 12.2. The molecule has 0 aliphatic carbocycles. The molecule has 0 atom stereocenters. The van der Waals surface area contributed by atoms with Crippen molar-refractivity contribution in [2.45, 2.75) is 0 Å². The Kier molecular flexibility index (Phi) is 2.51. The van der Waals surface area contributed by atoms with E-state index in [1.807, 2.05) is 6.07 Å². The Bertz CT molecular complexity index is 623. The molecule has 0 saturated heterocycles. The lowest BCUT2D eigenvalue weighted by Crippen LogP contribution is -2.12. The molecule has 0 bridgehead atoms. The van der Waals surface area contributed by atoms with Crippen molar-refractivity contribution in [1.82, 2.24) is 9.78 Å². The Hall–Kier alpha value is -2.81. The van der Waals surface area contributed by atoms with Gasteiger partial charge in [-0.05, 0) is 24.3 Å². The quantitative estimate of drug-likeness (QED) is 0.724. The van der Waals surface area contributed by atoms with Crippen molar-refractivity contribution in [1.29, 1.82) is 5.26 Å². The highest BCUT2D eigenvalue weighted by Gasteiger charge is 2.09. The maximum atomic E-state index is 10.9. The molecule has 0 unspecified atom stereocenters. The summed E-state index contributed by atoms with van der Waals surface area (Å²) in [5, 5.41) is 13.0. The summed E-state index contributed by atoms with van der Waals surface area (Å²) in [6, 6.07) is 8.36. The van der Waals surface area contributed by atoms with Crippen LogP contribution in [0.4, 0.5) is 5.69 Å². The molecule has 0 radical (unpaired) electrons. The highest BCUT2D eigenvalue weighted by Crippen LogP contribution is 2.16. The van der Waals surface area contributed by atoms with Gasteiger partial charge in [-0.15, -0.1) is 0 Å². The predicted molar refractivity (Wildman–Crippen MR) is 61.2 cm³/mol. The summed E-state index contributed by atoms with van der Waals surface area (Å²) in [6.45, 7) is 0. The van der Waals surface area contributed by atoms with Crippen molar-refractivity contribution < 1.29 is 4.79 Å². The first-order valence-corrected chi connectivity index (χ1v) is 4.77. The van der Waals surface area contributed by atoms with Crippen LogP contribution in [-0.4, -0.2) is 15.7 Å². The summed E-state index contributed by atoms with van der Waals surface area (Å²) < 4.78 is 1.41. The maximum Gasteiger partial charge on any atom is 0.269 e. The number of hydrogen-bond donors (Lipinski definition) is 2. The number of nitrogens with zero attached hydrogens (tertiary/aromatic N) is 3. The number of primary amides is 1. The van der Waals surface area contributed by atoms with E-state index in [-0.39, 0.29) is 5.69 Å². The normalized spacial score (nSPS) is 9.82. The molecule has 84 valence electrons. The SMILES string of the molecule is N#Cc1cc(N)ccc1-n1ccc(C(N)=O)n1. The predicted octanol–water partition coefficient (Wildman–Crippen LogP) is 0.425. The van der Waals surface area contributed by atoms with E-state index in [4.69, 9.17) is 16.7 Å². The molecule has 0 aliphatic rings. The average Bonchev–Trinajstić information content (AvgIpc) is 2.78. The maximum absolute atomic E-state index is 10.9. The topological polar surface area (TPSA) is 111 Å². The van der Waals surface area contributed by atoms with Crippen LogP contribution in [0.1, 0.15) is 16.1 Å². The van der Waals surface area contributed by atoms with E-state index in [1.54, 1.807) is 24.4 Å². The average molecular weight is 227 g/mol. The lowest BCUT2D eigenvalue weighted by molar-refractivity contribution is 0.0995. The molecule has 6 nitrogen and oxygen atoms in total. The minimum atomic E-state index is -0.613. The molecule has 0 spiro atoms. The minimum absolute atomic E-state index is 0.144. The van der Waals surface area contributed by atoms with Gasteiger partial charge in [-0.3, -0.25) is 4.79 Å². The zero-order valence-electron chi connectivity index (χ0n) is 8.79.